The molecule has 0 aliphatic carbocycles. The van der Waals surface area contributed by atoms with E-state index in [4.69, 9.17) is 21.1 Å². The largest absolute Gasteiger partial charge is 0.493 e. The summed E-state index contributed by atoms with van der Waals surface area (Å²) >= 11 is 6.23. The van der Waals surface area contributed by atoms with Crippen LogP contribution in [-0.2, 0) is 14.4 Å². The van der Waals surface area contributed by atoms with Gasteiger partial charge in [0.15, 0.2) is 18.1 Å². The van der Waals surface area contributed by atoms with Gasteiger partial charge in [0.2, 0.25) is 0 Å². The zero-order valence-corrected chi connectivity index (χ0v) is 19.8. The number of carbonyl (C=O) groups is 3. The molecule has 4 rings (SSSR count). The van der Waals surface area contributed by atoms with Gasteiger partial charge in [-0.3, -0.25) is 19.8 Å². The summed E-state index contributed by atoms with van der Waals surface area (Å²) in [5, 5.41) is 4.21. The number of methoxy groups -OCH3 is 1. The number of ether oxygens (including phenoxy) is 2. The normalized spacial score (nSPS) is 14.1. The first-order chi connectivity index (χ1) is 16.9. The van der Waals surface area contributed by atoms with Crippen LogP contribution in [0.2, 0.25) is 5.02 Å². The van der Waals surface area contributed by atoms with E-state index in [-0.39, 0.29) is 23.7 Å². The fourth-order valence-corrected chi connectivity index (χ4v) is 3.66. The second-order valence-corrected chi connectivity index (χ2v) is 8.14. The van der Waals surface area contributed by atoms with Gasteiger partial charge in [0.05, 0.1) is 12.8 Å². The van der Waals surface area contributed by atoms with Crippen molar-refractivity contribution in [1.29, 1.82) is 0 Å². The lowest BCUT2D eigenvalue weighted by Crippen LogP contribution is -2.35. The van der Waals surface area contributed by atoms with Crippen molar-refractivity contribution < 1.29 is 23.9 Å². The first-order valence-electron chi connectivity index (χ1n) is 10.6. The van der Waals surface area contributed by atoms with Gasteiger partial charge in [-0.1, -0.05) is 47.5 Å². The van der Waals surface area contributed by atoms with E-state index in [0.717, 1.165) is 10.6 Å². The molecule has 35 heavy (non-hydrogen) atoms. The predicted octanol–water partition coefficient (Wildman–Crippen LogP) is 4.14. The fraction of sp³-hybridized carbons (Fsp3) is 0.115. The Balaban J connectivity index is 1.59. The summed E-state index contributed by atoms with van der Waals surface area (Å²) in [6.45, 7) is 1.62. The van der Waals surface area contributed by atoms with E-state index >= 15 is 0 Å². The van der Waals surface area contributed by atoms with Crippen LogP contribution in [0.5, 0.6) is 11.5 Å². The van der Waals surface area contributed by atoms with Crippen molar-refractivity contribution in [3.8, 4) is 11.5 Å². The molecule has 1 heterocycles. The predicted molar refractivity (Wildman–Crippen MR) is 133 cm³/mol. The minimum absolute atomic E-state index is 0.118. The molecule has 1 aliphatic heterocycles. The summed E-state index contributed by atoms with van der Waals surface area (Å²) in [5.41, 5.74) is 4.95. The van der Waals surface area contributed by atoms with E-state index in [1.54, 1.807) is 42.5 Å². The van der Waals surface area contributed by atoms with Gasteiger partial charge in [-0.2, -0.15) is 0 Å². The van der Waals surface area contributed by atoms with Crippen molar-refractivity contribution in [2.24, 2.45) is 0 Å². The summed E-state index contributed by atoms with van der Waals surface area (Å²) in [4.78, 5) is 38.0. The molecule has 1 fully saturated rings. The zero-order valence-electron chi connectivity index (χ0n) is 19.0. The van der Waals surface area contributed by atoms with E-state index in [0.29, 0.717) is 22.0 Å². The van der Waals surface area contributed by atoms with Crippen LogP contribution in [0.4, 0.5) is 11.4 Å². The summed E-state index contributed by atoms with van der Waals surface area (Å²) in [6.07, 6.45) is 1.36. The van der Waals surface area contributed by atoms with Crippen LogP contribution in [0.3, 0.4) is 0 Å². The quantitative estimate of drug-likeness (QED) is 0.382. The van der Waals surface area contributed by atoms with E-state index < -0.39 is 17.7 Å². The third kappa shape index (κ3) is 5.44. The first-order valence-corrected chi connectivity index (χ1v) is 11.0. The van der Waals surface area contributed by atoms with Crippen molar-refractivity contribution in [2.45, 2.75) is 6.92 Å². The first kappa shape index (κ1) is 23.8. The lowest BCUT2D eigenvalue weighted by atomic mass is 10.1. The number of anilines is 2. The molecule has 0 aromatic heterocycles. The highest BCUT2D eigenvalue weighted by atomic mass is 35.5. The maximum absolute atomic E-state index is 13.0. The van der Waals surface area contributed by atoms with Crippen LogP contribution in [0.25, 0.3) is 6.08 Å². The highest BCUT2D eigenvalue weighted by Crippen LogP contribution is 2.37. The monoisotopic (exact) mass is 491 g/mol. The van der Waals surface area contributed by atoms with Gasteiger partial charge in [-0.15, -0.1) is 0 Å². The Kier molecular flexibility index (Phi) is 7.03. The molecule has 8 nitrogen and oxygen atoms in total. The summed E-state index contributed by atoms with van der Waals surface area (Å²) in [7, 11) is 1.42. The fourth-order valence-electron chi connectivity index (χ4n) is 3.45. The number of rotatable bonds is 7. The Bertz CT molecular complexity index is 1310. The molecular formula is C26H22ClN3O5. The standard InChI is InChI=1S/C26H22ClN3O5/c1-16-8-10-19(11-9-16)28-23(31)15-35-24-17(12-18(27)14-22(24)34-2)13-21-25(32)29-30(26(21)33)20-6-4-3-5-7-20/h3-14H,15H2,1-2H3,(H,28,31)(H,29,32)/b21-13-. The lowest BCUT2D eigenvalue weighted by molar-refractivity contribution is -0.118. The molecule has 1 saturated heterocycles. The molecule has 3 aromatic rings. The number of hydrazine groups is 1. The SMILES string of the molecule is COc1cc(Cl)cc(/C=C2/C(=O)NN(c3ccccc3)C2=O)c1OCC(=O)Nc1ccc(C)cc1. The molecule has 178 valence electrons. The number of carbonyl (C=O) groups excluding carboxylic acids is 3. The molecule has 3 aromatic carbocycles. The Morgan fingerprint density at radius 3 is 2.49 bits per heavy atom. The molecule has 2 N–H and O–H groups in total. The summed E-state index contributed by atoms with van der Waals surface area (Å²) in [6, 6.07) is 19.1. The zero-order chi connectivity index (χ0) is 24.9. The van der Waals surface area contributed by atoms with Gasteiger partial charge < -0.3 is 14.8 Å². The number of hydrogen-bond donors (Lipinski definition) is 2. The molecule has 0 atom stereocenters. The lowest BCUT2D eigenvalue weighted by Gasteiger charge is -2.15. The van der Waals surface area contributed by atoms with Crippen LogP contribution in [0.15, 0.2) is 72.3 Å². The van der Waals surface area contributed by atoms with E-state index in [9.17, 15) is 14.4 Å². The van der Waals surface area contributed by atoms with Gasteiger partial charge in [-0.25, -0.2) is 5.01 Å². The van der Waals surface area contributed by atoms with Crippen molar-refractivity contribution in [2.75, 3.05) is 24.0 Å². The molecular weight excluding hydrogens is 470 g/mol. The molecule has 0 bridgehead atoms. The van der Waals surface area contributed by atoms with Crippen LogP contribution < -0.4 is 25.2 Å². The Morgan fingerprint density at radius 2 is 1.80 bits per heavy atom. The maximum Gasteiger partial charge on any atom is 0.282 e. The van der Waals surface area contributed by atoms with Crippen LogP contribution in [0.1, 0.15) is 11.1 Å². The van der Waals surface area contributed by atoms with Gasteiger partial charge in [0.1, 0.15) is 5.57 Å². The average Bonchev–Trinajstić information content (AvgIpc) is 3.13. The van der Waals surface area contributed by atoms with Gasteiger partial charge in [0.25, 0.3) is 17.7 Å². The van der Waals surface area contributed by atoms with E-state index in [1.165, 1.54) is 25.3 Å². The van der Waals surface area contributed by atoms with Crippen molar-refractivity contribution >= 4 is 46.8 Å². The highest BCUT2D eigenvalue weighted by molar-refractivity contribution is 6.32. The molecule has 9 heteroatoms. The highest BCUT2D eigenvalue weighted by Gasteiger charge is 2.34. The molecule has 0 spiro atoms. The minimum atomic E-state index is -0.583. The number of nitrogens with zero attached hydrogens (tertiary/aromatic N) is 1. The van der Waals surface area contributed by atoms with E-state index in [1.807, 2.05) is 19.1 Å². The van der Waals surface area contributed by atoms with E-state index in [2.05, 4.69) is 10.7 Å². The van der Waals surface area contributed by atoms with Crippen molar-refractivity contribution in [3.63, 3.8) is 0 Å². The van der Waals surface area contributed by atoms with Gasteiger partial charge in [-0.05, 0) is 43.3 Å². The second-order valence-electron chi connectivity index (χ2n) is 7.70. The topological polar surface area (TPSA) is 97.0 Å². The Hall–Kier alpha value is -4.30. The second kappa shape index (κ2) is 10.3. The Morgan fingerprint density at radius 1 is 1.09 bits per heavy atom. The number of hydrogen-bond acceptors (Lipinski definition) is 5. The maximum atomic E-state index is 13.0. The number of aryl methyl sites for hydroxylation is 1. The van der Waals surface area contributed by atoms with Crippen LogP contribution in [-0.4, -0.2) is 31.4 Å². The average molecular weight is 492 g/mol. The van der Waals surface area contributed by atoms with Crippen LogP contribution in [0, 0.1) is 6.92 Å². The van der Waals surface area contributed by atoms with Crippen molar-refractivity contribution in [3.05, 3.63) is 88.5 Å². The molecule has 0 saturated carbocycles. The minimum Gasteiger partial charge on any atom is -0.493 e. The third-order valence-corrected chi connectivity index (χ3v) is 5.38. The smallest absolute Gasteiger partial charge is 0.282 e. The third-order valence-electron chi connectivity index (χ3n) is 5.16. The molecule has 1 aliphatic rings. The molecule has 0 unspecified atom stereocenters. The van der Waals surface area contributed by atoms with Gasteiger partial charge >= 0.3 is 0 Å². The number of benzene rings is 3. The van der Waals surface area contributed by atoms with Gasteiger partial charge in [0, 0.05) is 22.3 Å². The number of amides is 3. The molecule has 0 radical (unpaired) electrons. The summed E-state index contributed by atoms with van der Waals surface area (Å²) in [5.74, 6) is -1.10. The number of nitrogens with one attached hydrogen (secondary N) is 2. The van der Waals surface area contributed by atoms with Crippen LogP contribution >= 0.6 is 11.6 Å². The summed E-state index contributed by atoms with van der Waals surface area (Å²) < 4.78 is 11.1. The number of halogens is 1. The van der Waals surface area contributed by atoms with Crippen molar-refractivity contribution in [1.82, 2.24) is 5.43 Å². The molecule has 3 amide bonds. The Labute approximate surface area is 207 Å². The number of para-hydroxylation sites is 1.